The predicted octanol–water partition coefficient (Wildman–Crippen LogP) is 5.41. The van der Waals surface area contributed by atoms with Crippen molar-refractivity contribution < 1.29 is 23.7 Å². The fourth-order valence-electron chi connectivity index (χ4n) is 8.29. The molecule has 4 aliphatic rings. The number of piperidine rings is 1. The Morgan fingerprint density at radius 2 is 1.92 bits per heavy atom. The van der Waals surface area contributed by atoms with Crippen molar-refractivity contribution in [2.24, 2.45) is 5.41 Å². The number of aryl methyl sites for hydroxylation is 1. The van der Waals surface area contributed by atoms with Gasteiger partial charge in [-0.25, -0.2) is 19.4 Å². The molecule has 1 N–H and O–H groups in total. The van der Waals surface area contributed by atoms with E-state index in [0.717, 1.165) is 110 Å². The summed E-state index contributed by atoms with van der Waals surface area (Å²) in [5.74, 6) is 1.60. The molecule has 1 unspecified atom stereocenters. The van der Waals surface area contributed by atoms with Crippen LogP contribution in [0.25, 0.3) is 22.4 Å². The first-order valence-corrected chi connectivity index (χ1v) is 19.1. The van der Waals surface area contributed by atoms with E-state index in [4.69, 9.17) is 39.0 Å². The highest BCUT2D eigenvalue weighted by atomic mass is 16.6. The topological polar surface area (TPSA) is 147 Å². The standard InChI is InChI=1S/C38H52N10O5/c1-25-33(43-36(49)53-37(2,3)4)38(24-52-25)13-16-45(17-14-38)30-22-39-32-34(42-30)48(31-10-6-7-19-51-31)44-35(32)47-15-8-9-28-29(47)12-11-27(41-28)26-21-40-46(23-26)18-20-50-5/h11-12,21-23,25,31,33H,6-10,13-20,24H2,1-5H3,(H,43,49)/t25-,31?,33+/m0/s1. The van der Waals surface area contributed by atoms with E-state index in [0.29, 0.717) is 26.4 Å². The number of ether oxygens (including phenoxy) is 4. The molecule has 0 bridgehead atoms. The number of pyridine rings is 1. The van der Waals surface area contributed by atoms with Crippen LogP contribution in [0.5, 0.6) is 0 Å². The largest absolute Gasteiger partial charge is 0.444 e. The number of hydrogen-bond acceptors (Lipinski definition) is 12. The van der Waals surface area contributed by atoms with Gasteiger partial charge >= 0.3 is 6.09 Å². The molecule has 15 heteroatoms. The normalized spacial score (nSPS) is 23.1. The third-order valence-corrected chi connectivity index (χ3v) is 11.1. The fourth-order valence-corrected chi connectivity index (χ4v) is 8.29. The van der Waals surface area contributed by atoms with E-state index in [-0.39, 0.29) is 23.8 Å². The lowest BCUT2D eigenvalue weighted by molar-refractivity contribution is -0.0368. The van der Waals surface area contributed by atoms with Gasteiger partial charge < -0.3 is 34.1 Å². The molecule has 8 heterocycles. The first-order valence-electron chi connectivity index (χ1n) is 19.1. The summed E-state index contributed by atoms with van der Waals surface area (Å²) in [7, 11) is 1.69. The number of anilines is 3. The maximum absolute atomic E-state index is 12.8. The van der Waals surface area contributed by atoms with Gasteiger partial charge in [-0.2, -0.15) is 5.10 Å². The van der Waals surface area contributed by atoms with Crippen LogP contribution in [-0.2, 0) is 31.9 Å². The van der Waals surface area contributed by atoms with E-state index >= 15 is 0 Å². The third kappa shape index (κ3) is 7.18. The minimum Gasteiger partial charge on any atom is -0.444 e. The summed E-state index contributed by atoms with van der Waals surface area (Å²) < 4.78 is 27.1. The van der Waals surface area contributed by atoms with Gasteiger partial charge in [0.25, 0.3) is 0 Å². The van der Waals surface area contributed by atoms with E-state index in [1.807, 2.05) is 55.6 Å². The molecule has 53 heavy (non-hydrogen) atoms. The molecule has 4 aromatic heterocycles. The molecule has 1 spiro atoms. The van der Waals surface area contributed by atoms with E-state index in [9.17, 15) is 4.79 Å². The summed E-state index contributed by atoms with van der Waals surface area (Å²) in [6, 6.07) is 4.08. The van der Waals surface area contributed by atoms with Crippen molar-refractivity contribution in [3.05, 3.63) is 36.4 Å². The second-order valence-corrected chi connectivity index (χ2v) is 15.9. The number of nitrogens with zero attached hydrogens (tertiary/aromatic N) is 9. The number of carbonyl (C=O) groups is 1. The minimum atomic E-state index is -0.566. The molecular formula is C38H52N10O5. The summed E-state index contributed by atoms with van der Waals surface area (Å²) in [6.45, 7) is 12.6. The van der Waals surface area contributed by atoms with E-state index < -0.39 is 11.7 Å². The van der Waals surface area contributed by atoms with Crippen LogP contribution in [0.2, 0.25) is 0 Å². The van der Waals surface area contributed by atoms with Gasteiger partial charge in [-0.05, 0) is 84.8 Å². The number of alkyl carbamates (subject to hydrolysis) is 1. The molecule has 15 nitrogen and oxygen atoms in total. The molecule has 0 aliphatic carbocycles. The molecule has 3 fully saturated rings. The van der Waals surface area contributed by atoms with Crippen molar-refractivity contribution in [3.8, 4) is 11.3 Å². The second kappa shape index (κ2) is 14.5. The lowest BCUT2D eigenvalue weighted by Crippen LogP contribution is -2.55. The number of methoxy groups -OCH3 is 1. The van der Waals surface area contributed by atoms with E-state index in [2.05, 4.69) is 32.3 Å². The van der Waals surface area contributed by atoms with Crippen molar-refractivity contribution in [2.45, 2.75) is 103 Å². The lowest BCUT2D eigenvalue weighted by atomic mass is 9.73. The van der Waals surface area contributed by atoms with Crippen LogP contribution in [0.15, 0.2) is 30.7 Å². The number of carbonyl (C=O) groups excluding carboxylic acids is 1. The Morgan fingerprint density at radius 1 is 1.08 bits per heavy atom. The quantitative estimate of drug-likeness (QED) is 0.247. The lowest BCUT2D eigenvalue weighted by Gasteiger charge is -2.42. The van der Waals surface area contributed by atoms with Crippen LogP contribution >= 0.6 is 0 Å². The zero-order valence-electron chi connectivity index (χ0n) is 31.6. The smallest absolute Gasteiger partial charge is 0.407 e. The molecule has 3 saturated heterocycles. The molecule has 0 saturated carbocycles. The molecule has 0 radical (unpaired) electrons. The molecule has 4 aliphatic heterocycles. The van der Waals surface area contributed by atoms with E-state index in [1.54, 1.807) is 7.11 Å². The Kier molecular flexibility index (Phi) is 9.75. The number of fused-ring (bicyclic) bond motifs is 2. The monoisotopic (exact) mass is 728 g/mol. The molecule has 284 valence electrons. The predicted molar refractivity (Wildman–Crippen MR) is 199 cm³/mol. The SMILES string of the molecule is COCCn1cc(-c2ccc3c(n2)CCCN3c2nn(C3CCCCO3)c3nc(N4CCC5(CC4)CO[C@@H](C)[C@H]5NC(=O)OC(C)(C)C)cnc23)cn1. The Bertz CT molecular complexity index is 1920. The van der Waals surface area contributed by atoms with Crippen LogP contribution in [-0.4, -0.2) is 105 Å². The number of nitrogens with one attached hydrogen (secondary N) is 1. The van der Waals surface area contributed by atoms with Crippen molar-refractivity contribution >= 4 is 34.6 Å². The van der Waals surface area contributed by atoms with Crippen molar-refractivity contribution in [1.82, 2.24) is 39.8 Å². The second-order valence-electron chi connectivity index (χ2n) is 15.9. The Morgan fingerprint density at radius 3 is 2.70 bits per heavy atom. The van der Waals surface area contributed by atoms with Crippen LogP contribution in [0.3, 0.4) is 0 Å². The number of aromatic nitrogens is 7. The molecule has 0 aromatic carbocycles. The van der Waals surface area contributed by atoms with Crippen molar-refractivity contribution in [2.75, 3.05) is 56.4 Å². The highest BCUT2D eigenvalue weighted by Gasteiger charge is 2.50. The molecule has 3 atom stereocenters. The summed E-state index contributed by atoms with van der Waals surface area (Å²) >= 11 is 0. The molecule has 8 rings (SSSR count). The first kappa shape index (κ1) is 35.7. The number of amides is 1. The van der Waals surface area contributed by atoms with Gasteiger partial charge in [0.1, 0.15) is 11.4 Å². The van der Waals surface area contributed by atoms with Gasteiger partial charge in [0.15, 0.2) is 23.2 Å². The number of rotatable bonds is 8. The van der Waals surface area contributed by atoms with Gasteiger partial charge in [0.05, 0.1) is 61.4 Å². The van der Waals surface area contributed by atoms with Gasteiger partial charge in [-0.1, -0.05) is 0 Å². The Hall–Kier alpha value is -4.34. The number of hydrogen-bond donors (Lipinski definition) is 1. The highest BCUT2D eigenvalue weighted by Crippen LogP contribution is 2.44. The first-order chi connectivity index (χ1) is 25.6. The zero-order chi connectivity index (χ0) is 36.7. The summed E-state index contributed by atoms with van der Waals surface area (Å²) in [5, 5.41) is 12.9. The van der Waals surface area contributed by atoms with Crippen molar-refractivity contribution in [1.29, 1.82) is 0 Å². The Labute approximate surface area is 310 Å². The van der Waals surface area contributed by atoms with Crippen molar-refractivity contribution in [3.63, 3.8) is 0 Å². The third-order valence-electron chi connectivity index (χ3n) is 11.1. The Balaban J connectivity index is 1.06. The average molecular weight is 729 g/mol. The molecule has 1 amide bonds. The minimum absolute atomic E-state index is 0.0970. The van der Waals surface area contributed by atoms with Gasteiger partial charge in [-0.15, -0.1) is 5.10 Å². The summed E-state index contributed by atoms with van der Waals surface area (Å²) in [6.07, 6.45) is 11.6. The van der Waals surface area contributed by atoms with Gasteiger partial charge in [-0.3, -0.25) is 9.67 Å². The van der Waals surface area contributed by atoms with Crippen LogP contribution < -0.4 is 15.1 Å². The maximum atomic E-state index is 12.8. The summed E-state index contributed by atoms with van der Waals surface area (Å²) in [4.78, 5) is 32.8. The maximum Gasteiger partial charge on any atom is 0.407 e. The average Bonchev–Trinajstić information content (AvgIpc) is 3.87. The molecular weight excluding hydrogens is 676 g/mol. The fraction of sp³-hybridized carbons (Fsp3) is 0.632. The van der Waals surface area contributed by atoms with Gasteiger partial charge in [0, 0.05) is 50.5 Å². The van der Waals surface area contributed by atoms with Crippen LogP contribution in [0, 0.1) is 5.41 Å². The summed E-state index contributed by atoms with van der Waals surface area (Å²) in [5.41, 5.74) is 4.71. The zero-order valence-corrected chi connectivity index (χ0v) is 31.6. The highest BCUT2D eigenvalue weighted by molar-refractivity contribution is 5.88. The van der Waals surface area contributed by atoms with Crippen LogP contribution in [0.4, 0.5) is 22.1 Å². The molecule has 4 aromatic rings. The van der Waals surface area contributed by atoms with Crippen LogP contribution in [0.1, 0.15) is 78.1 Å². The van der Waals surface area contributed by atoms with Gasteiger partial charge in [0.2, 0.25) is 0 Å². The van der Waals surface area contributed by atoms with E-state index in [1.165, 1.54) is 0 Å².